The van der Waals surface area contributed by atoms with Crippen LogP contribution in [0.4, 0.5) is 4.79 Å². The number of amides is 3. The van der Waals surface area contributed by atoms with Gasteiger partial charge in [0.05, 0.1) is 6.42 Å². The highest BCUT2D eigenvalue weighted by molar-refractivity contribution is 8.00. The molecule has 1 aliphatic carbocycles. The van der Waals surface area contributed by atoms with Gasteiger partial charge in [0.15, 0.2) is 0 Å². The van der Waals surface area contributed by atoms with E-state index in [0.717, 1.165) is 12.8 Å². The number of carbonyl (C=O) groups excluding carboxylic acids is 2. The Hall–Kier alpha value is -1.24. The van der Waals surface area contributed by atoms with Gasteiger partial charge in [-0.2, -0.15) is 11.8 Å². The van der Waals surface area contributed by atoms with Gasteiger partial charge in [0, 0.05) is 17.7 Å². The predicted octanol–water partition coefficient (Wildman–Crippen LogP) is 1.74. The normalized spacial score (nSPS) is 17.2. The van der Waals surface area contributed by atoms with Crippen LogP contribution < -0.4 is 10.6 Å². The summed E-state index contributed by atoms with van der Waals surface area (Å²) in [6.07, 6.45) is 7.31. The minimum absolute atomic E-state index is 0.0691. The molecule has 3 amide bonds. The molecule has 0 heterocycles. The molecule has 7 heteroatoms. The summed E-state index contributed by atoms with van der Waals surface area (Å²) in [5.74, 6) is -1.61. The maximum atomic E-state index is 11.6. The first kappa shape index (κ1) is 16.8. The first-order chi connectivity index (χ1) is 9.47. The van der Waals surface area contributed by atoms with E-state index in [-0.39, 0.29) is 17.6 Å². The number of hydrogen-bond acceptors (Lipinski definition) is 4. The summed E-state index contributed by atoms with van der Waals surface area (Å²) < 4.78 is 0.0691. The first-order valence-corrected chi connectivity index (χ1v) is 8.04. The SMILES string of the molecule is CSC1(CNC(=O)NC(=O)CCC(=O)O)CCCCC1. The van der Waals surface area contributed by atoms with E-state index in [1.165, 1.54) is 19.3 Å². The first-order valence-electron chi connectivity index (χ1n) is 6.82. The standard InChI is InChI=1S/C13H22N2O4S/c1-20-13(7-3-2-4-8-13)9-14-12(19)15-10(16)5-6-11(17)18/h2-9H2,1H3,(H,17,18)(H2,14,15,16,19). The third kappa shape index (κ3) is 5.81. The number of nitrogens with one attached hydrogen (secondary N) is 2. The predicted molar refractivity (Wildman–Crippen MR) is 77.7 cm³/mol. The largest absolute Gasteiger partial charge is 0.481 e. The molecular weight excluding hydrogens is 280 g/mol. The monoisotopic (exact) mass is 302 g/mol. The smallest absolute Gasteiger partial charge is 0.321 e. The second kappa shape index (κ2) is 8.14. The Morgan fingerprint density at radius 3 is 2.35 bits per heavy atom. The van der Waals surface area contributed by atoms with Gasteiger partial charge >= 0.3 is 12.0 Å². The van der Waals surface area contributed by atoms with Gasteiger partial charge in [-0.25, -0.2) is 4.79 Å². The van der Waals surface area contributed by atoms with Crippen molar-refractivity contribution in [3.8, 4) is 0 Å². The van der Waals surface area contributed by atoms with Crippen LogP contribution in [0.1, 0.15) is 44.9 Å². The highest BCUT2D eigenvalue weighted by atomic mass is 32.2. The lowest BCUT2D eigenvalue weighted by Gasteiger charge is -2.35. The fourth-order valence-corrected chi connectivity index (χ4v) is 3.26. The molecule has 0 aromatic carbocycles. The number of urea groups is 1. The number of carboxylic acids is 1. The molecule has 0 aromatic rings. The van der Waals surface area contributed by atoms with Crippen LogP contribution in [0.15, 0.2) is 0 Å². The van der Waals surface area contributed by atoms with Crippen LogP contribution in [0.25, 0.3) is 0 Å². The van der Waals surface area contributed by atoms with Gasteiger partial charge in [-0.15, -0.1) is 0 Å². The zero-order chi connectivity index (χ0) is 15.0. The van der Waals surface area contributed by atoms with Crippen molar-refractivity contribution in [1.82, 2.24) is 10.6 Å². The van der Waals surface area contributed by atoms with Crippen molar-refractivity contribution in [1.29, 1.82) is 0 Å². The molecule has 20 heavy (non-hydrogen) atoms. The maximum Gasteiger partial charge on any atom is 0.321 e. The Kier molecular flexibility index (Phi) is 6.84. The second-order valence-corrected chi connectivity index (χ2v) is 6.35. The summed E-state index contributed by atoms with van der Waals surface area (Å²) >= 11 is 1.76. The average molecular weight is 302 g/mol. The van der Waals surface area contributed by atoms with E-state index in [9.17, 15) is 14.4 Å². The van der Waals surface area contributed by atoms with E-state index < -0.39 is 17.9 Å². The van der Waals surface area contributed by atoms with Crippen LogP contribution in [0.5, 0.6) is 0 Å². The Balaban J connectivity index is 2.31. The van der Waals surface area contributed by atoms with Gasteiger partial charge in [-0.05, 0) is 19.1 Å². The molecule has 0 radical (unpaired) electrons. The number of carboxylic acid groups (broad SMARTS) is 1. The van der Waals surface area contributed by atoms with Crippen LogP contribution in [-0.2, 0) is 9.59 Å². The molecule has 0 atom stereocenters. The highest BCUT2D eigenvalue weighted by Crippen LogP contribution is 2.37. The summed E-state index contributed by atoms with van der Waals surface area (Å²) in [4.78, 5) is 33.2. The van der Waals surface area contributed by atoms with Gasteiger partial charge in [0.25, 0.3) is 0 Å². The molecular formula is C13H22N2O4S. The Morgan fingerprint density at radius 1 is 1.15 bits per heavy atom. The van der Waals surface area contributed by atoms with Crippen molar-refractivity contribution >= 4 is 29.7 Å². The zero-order valence-corrected chi connectivity index (χ0v) is 12.6. The van der Waals surface area contributed by atoms with Crippen molar-refractivity contribution in [2.75, 3.05) is 12.8 Å². The van der Waals surface area contributed by atoms with Crippen LogP contribution in [-0.4, -0.2) is 40.6 Å². The third-order valence-corrected chi connectivity index (χ3v) is 5.01. The molecule has 0 aliphatic heterocycles. The van der Waals surface area contributed by atoms with Gasteiger partial charge in [0.2, 0.25) is 5.91 Å². The number of rotatable bonds is 6. The van der Waals surface area contributed by atoms with E-state index in [2.05, 4.69) is 10.6 Å². The van der Waals surface area contributed by atoms with Crippen molar-refractivity contribution in [2.45, 2.75) is 49.7 Å². The number of carbonyl (C=O) groups is 3. The summed E-state index contributed by atoms with van der Waals surface area (Å²) in [7, 11) is 0. The number of aliphatic carboxylic acids is 1. The van der Waals surface area contributed by atoms with E-state index in [1.54, 1.807) is 11.8 Å². The summed E-state index contributed by atoms with van der Waals surface area (Å²) in [5, 5.41) is 13.3. The lowest BCUT2D eigenvalue weighted by molar-refractivity contribution is -0.138. The van der Waals surface area contributed by atoms with Crippen LogP contribution in [0, 0.1) is 0 Å². The Labute approximate surface area is 123 Å². The summed E-state index contributed by atoms with van der Waals surface area (Å²) in [6.45, 7) is 0.534. The van der Waals surface area contributed by atoms with Gasteiger partial charge in [0.1, 0.15) is 0 Å². The molecule has 1 saturated carbocycles. The van der Waals surface area contributed by atoms with Crippen molar-refractivity contribution in [2.24, 2.45) is 0 Å². The highest BCUT2D eigenvalue weighted by Gasteiger charge is 2.31. The molecule has 0 spiro atoms. The van der Waals surface area contributed by atoms with Crippen molar-refractivity contribution in [3.63, 3.8) is 0 Å². The van der Waals surface area contributed by atoms with Gasteiger partial charge in [-0.3, -0.25) is 14.9 Å². The van der Waals surface area contributed by atoms with Crippen LogP contribution in [0.3, 0.4) is 0 Å². The molecule has 114 valence electrons. The number of thioether (sulfide) groups is 1. The van der Waals surface area contributed by atoms with Crippen LogP contribution >= 0.6 is 11.8 Å². The summed E-state index contributed by atoms with van der Waals surface area (Å²) in [6, 6.07) is -0.542. The minimum atomic E-state index is -1.05. The fourth-order valence-electron chi connectivity index (χ4n) is 2.34. The number of hydrogen-bond donors (Lipinski definition) is 3. The van der Waals surface area contributed by atoms with Gasteiger partial charge < -0.3 is 10.4 Å². The van der Waals surface area contributed by atoms with Gasteiger partial charge in [-0.1, -0.05) is 19.3 Å². The van der Waals surface area contributed by atoms with Crippen molar-refractivity contribution in [3.05, 3.63) is 0 Å². The molecule has 0 unspecified atom stereocenters. The molecule has 0 bridgehead atoms. The maximum absolute atomic E-state index is 11.6. The lowest BCUT2D eigenvalue weighted by Crippen LogP contribution is -2.47. The number of imide groups is 1. The third-order valence-electron chi connectivity index (χ3n) is 3.59. The molecule has 6 nitrogen and oxygen atoms in total. The zero-order valence-electron chi connectivity index (χ0n) is 11.7. The topological polar surface area (TPSA) is 95.5 Å². The minimum Gasteiger partial charge on any atom is -0.481 e. The lowest BCUT2D eigenvalue weighted by atomic mass is 9.88. The Bertz CT molecular complexity index is 367. The van der Waals surface area contributed by atoms with E-state index in [1.807, 2.05) is 6.26 Å². The molecule has 0 saturated heterocycles. The van der Waals surface area contributed by atoms with E-state index >= 15 is 0 Å². The molecule has 0 aromatic heterocycles. The fraction of sp³-hybridized carbons (Fsp3) is 0.769. The van der Waals surface area contributed by atoms with Crippen LogP contribution in [0.2, 0.25) is 0 Å². The quantitative estimate of drug-likeness (QED) is 0.694. The molecule has 1 aliphatic rings. The molecule has 1 fully saturated rings. The van der Waals surface area contributed by atoms with E-state index in [4.69, 9.17) is 5.11 Å². The van der Waals surface area contributed by atoms with E-state index in [0.29, 0.717) is 6.54 Å². The average Bonchev–Trinajstić information content (AvgIpc) is 2.44. The second-order valence-electron chi connectivity index (χ2n) is 5.07. The summed E-state index contributed by atoms with van der Waals surface area (Å²) in [5.41, 5.74) is 0. The van der Waals surface area contributed by atoms with Crippen molar-refractivity contribution < 1.29 is 19.5 Å². The Morgan fingerprint density at radius 2 is 1.80 bits per heavy atom. The molecule has 1 rings (SSSR count). The molecule has 3 N–H and O–H groups in total.